The number of aromatic nitrogens is 3. The molecule has 4 aromatic carbocycles. The minimum atomic E-state index is -1.03. The number of unbranched alkanes of at least 4 members (excludes halogenated alkanes) is 2. The summed E-state index contributed by atoms with van der Waals surface area (Å²) in [6.45, 7) is 0.498. The molecule has 6 aromatic rings. The van der Waals surface area contributed by atoms with Gasteiger partial charge in [-0.3, -0.25) is 39.0 Å². The second-order valence-electron chi connectivity index (χ2n) is 14.2. The number of imide groups is 2. The third-order valence-corrected chi connectivity index (χ3v) is 10.2. The van der Waals surface area contributed by atoms with E-state index in [1.54, 1.807) is 48.5 Å². The van der Waals surface area contributed by atoms with Crippen LogP contribution in [0.15, 0.2) is 110 Å². The Bertz CT molecular complexity index is 2620. The largest absolute Gasteiger partial charge is 0.384 e. The molecule has 2 aliphatic heterocycles. The zero-order valence-corrected chi connectivity index (χ0v) is 31.7. The van der Waals surface area contributed by atoms with E-state index in [-0.39, 0.29) is 35.8 Å². The lowest BCUT2D eigenvalue weighted by Gasteiger charge is -2.27. The number of anilines is 5. The van der Waals surface area contributed by atoms with Crippen LogP contribution >= 0.6 is 0 Å². The smallest absolute Gasteiger partial charge is 0.264 e. The molecule has 1 unspecified atom stereocenters. The number of hydrogen-bond acceptors (Lipinski definition) is 10. The zero-order chi connectivity index (χ0) is 40.9. The van der Waals surface area contributed by atoms with Crippen LogP contribution < -0.4 is 26.6 Å². The summed E-state index contributed by atoms with van der Waals surface area (Å²) in [5, 5.41) is 15.6. The summed E-state index contributed by atoms with van der Waals surface area (Å²) >= 11 is 0. The first-order chi connectivity index (χ1) is 28.7. The Kier molecular flexibility index (Phi) is 10.9. The van der Waals surface area contributed by atoms with Gasteiger partial charge < -0.3 is 26.3 Å². The molecule has 4 heterocycles. The van der Waals surface area contributed by atoms with Crippen LogP contribution in [0, 0.1) is 0 Å². The molecular formula is C44H39N9O6. The van der Waals surface area contributed by atoms with Crippen molar-refractivity contribution in [2.75, 3.05) is 27.8 Å². The van der Waals surface area contributed by atoms with Crippen LogP contribution in [0.25, 0.3) is 22.2 Å². The molecule has 15 nitrogen and oxygen atoms in total. The first-order valence-electron chi connectivity index (χ1n) is 19.3. The summed E-state index contributed by atoms with van der Waals surface area (Å²) in [5.74, 6) is -2.06. The number of amides is 6. The molecule has 296 valence electrons. The van der Waals surface area contributed by atoms with E-state index >= 15 is 0 Å². The summed E-state index contributed by atoms with van der Waals surface area (Å²) in [7, 11) is 0. The fourth-order valence-corrected chi connectivity index (χ4v) is 7.28. The third-order valence-electron chi connectivity index (χ3n) is 10.2. The Morgan fingerprint density at radius 1 is 0.763 bits per heavy atom. The molecule has 0 saturated carbocycles. The lowest BCUT2D eigenvalue weighted by atomic mass is 10.0. The molecular weight excluding hydrogens is 751 g/mol. The number of nitrogens with zero attached hydrogens (tertiary/aromatic N) is 3. The number of carbonyl (C=O) groups excluding carboxylic acids is 6. The van der Waals surface area contributed by atoms with E-state index in [9.17, 15) is 28.8 Å². The highest BCUT2D eigenvalue weighted by Gasteiger charge is 2.45. The Hall–Kier alpha value is -7.68. The molecule has 2 aliphatic rings. The van der Waals surface area contributed by atoms with Crippen molar-refractivity contribution in [3.63, 3.8) is 0 Å². The third kappa shape index (κ3) is 8.39. The monoisotopic (exact) mass is 789 g/mol. The van der Waals surface area contributed by atoms with Crippen LogP contribution in [-0.2, 0) is 14.4 Å². The van der Waals surface area contributed by atoms with Gasteiger partial charge in [0.05, 0.1) is 16.8 Å². The van der Waals surface area contributed by atoms with Crippen molar-refractivity contribution in [3.8, 4) is 11.3 Å². The van der Waals surface area contributed by atoms with Crippen molar-refractivity contribution >= 4 is 74.9 Å². The maximum atomic E-state index is 13.3. The van der Waals surface area contributed by atoms with Crippen LogP contribution in [-0.4, -0.2) is 67.9 Å². The first-order valence-corrected chi connectivity index (χ1v) is 19.3. The SMILES string of the molecule is O=C1CCC(N2C(=O)c3cccc(NCCCCCC(=O)Nc4ccc(C(=O)Nc5cccc(Nc6cc(-c7c[nH]c8ccccc78)ncn6)c5)cc4)c3C2=O)C(=O)N1. The Balaban J connectivity index is 0.772. The number of aromatic amines is 1. The van der Waals surface area contributed by atoms with Gasteiger partial charge in [-0.1, -0.05) is 36.8 Å². The van der Waals surface area contributed by atoms with Crippen molar-refractivity contribution in [2.45, 2.75) is 44.6 Å². The van der Waals surface area contributed by atoms with Gasteiger partial charge in [-0.2, -0.15) is 0 Å². The number of fused-ring (bicyclic) bond motifs is 2. The fraction of sp³-hybridized carbons (Fsp3) is 0.182. The van der Waals surface area contributed by atoms with Crippen molar-refractivity contribution in [1.29, 1.82) is 0 Å². The molecule has 8 rings (SSSR count). The molecule has 6 amide bonds. The molecule has 6 N–H and O–H groups in total. The van der Waals surface area contributed by atoms with Crippen LogP contribution in [0.5, 0.6) is 0 Å². The highest BCUT2D eigenvalue weighted by Crippen LogP contribution is 2.33. The van der Waals surface area contributed by atoms with E-state index in [1.807, 2.05) is 54.7 Å². The molecule has 59 heavy (non-hydrogen) atoms. The summed E-state index contributed by atoms with van der Waals surface area (Å²) in [6, 6.07) is 27.8. The molecule has 1 atom stereocenters. The van der Waals surface area contributed by atoms with Gasteiger partial charge in [0.15, 0.2) is 0 Å². The Morgan fingerprint density at radius 3 is 2.42 bits per heavy atom. The molecule has 15 heteroatoms. The van der Waals surface area contributed by atoms with Gasteiger partial charge in [0.1, 0.15) is 18.2 Å². The summed E-state index contributed by atoms with van der Waals surface area (Å²) < 4.78 is 0. The van der Waals surface area contributed by atoms with Gasteiger partial charge >= 0.3 is 0 Å². The number of H-pyrrole nitrogens is 1. The number of hydrogen-bond donors (Lipinski definition) is 6. The number of piperidine rings is 1. The van der Waals surface area contributed by atoms with Gasteiger partial charge in [0.25, 0.3) is 17.7 Å². The van der Waals surface area contributed by atoms with E-state index in [0.29, 0.717) is 54.3 Å². The van der Waals surface area contributed by atoms with Crippen LogP contribution in [0.1, 0.15) is 69.6 Å². The van der Waals surface area contributed by atoms with Gasteiger partial charge in [0, 0.05) is 76.4 Å². The lowest BCUT2D eigenvalue weighted by Crippen LogP contribution is -2.54. The normalized spacial score (nSPS) is 14.8. The van der Waals surface area contributed by atoms with Crippen molar-refractivity contribution in [1.82, 2.24) is 25.2 Å². The fourth-order valence-electron chi connectivity index (χ4n) is 7.28. The van der Waals surface area contributed by atoms with Crippen LogP contribution in [0.2, 0.25) is 0 Å². The molecule has 0 radical (unpaired) electrons. The molecule has 2 aromatic heterocycles. The average molecular weight is 790 g/mol. The van der Waals surface area contributed by atoms with E-state index in [4.69, 9.17) is 0 Å². The minimum absolute atomic E-state index is 0.0519. The highest BCUT2D eigenvalue weighted by atomic mass is 16.2. The van der Waals surface area contributed by atoms with Gasteiger partial charge in [-0.25, -0.2) is 9.97 Å². The zero-order valence-electron chi connectivity index (χ0n) is 31.7. The quantitative estimate of drug-likeness (QED) is 0.0513. The maximum absolute atomic E-state index is 13.3. The predicted octanol–water partition coefficient (Wildman–Crippen LogP) is 6.63. The lowest BCUT2D eigenvalue weighted by molar-refractivity contribution is -0.136. The van der Waals surface area contributed by atoms with E-state index in [1.165, 1.54) is 6.33 Å². The molecule has 0 spiro atoms. The highest BCUT2D eigenvalue weighted by molar-refractivity contribution is 6.25. The van der Waals surface area contributed by atoms with Gasteiger partial charge in [-0.15, -0.1) is 0 Å². The van der Waals surface area contributed by atoms with Crippen molar-refractivity contribution in [2.24, 2.45) is 0 Å². The standard InChI is InChI=1S/C44H39N9O6/c54-38(14-2-1-5-21-45-34-13-7-11-31-40(34)44(59)53(43(31)58)36-19-20-39(55)52-42(36)57)50-27-17-15-26(16-18-27)41(56)51-29-9-6-8-28(22-29)49-37-23-35(47-25-48-37)32-24-46-33-12-4-3-10-30(32)33/h3-4,6-13,15-18,22-25,36,45-46H,1-2,5,14,19-21H2,(H,50,54)(H,51,56)(H,47,48,49)(H,52,55,57). The number of carbonyl (C=O) groups is 6. The molecule has 1 fully saturated rings. The van der Waals surface area contributed by atoms with Gasteiger partial charge in [-0.05, 0) is 79.9 Å². The molecule has 0 aliphatic carbocycles. The first kappa shape index (κ1) is 38.2. The number of para-hydroxylation sites is 1. The summed E-state index contributed by atoms with van der Waals surface area (Å²) in [6.07, 6.45) is 5.92. The molecule has 1 saturated heterocycles. The van der Waals surface area contributed by atoms with E-state index < -0.39 is 29.7 Å². The maximum Gasteiger partial charge on any atom is 0.264 e. The van der Waals surface area contributed by atoms with Crippen LogP contribution in [0.3, 0.4) is 0 Å². The average Bonchev–Trinajstić information content (AvgIpc) is 3.78. The summed E-state index contributed by atoms with van der Waals surface area (Å²) in [4.78, 5) is 89.2. The predicted molar refractivity (Wildman–Crippen MR) is 222 cm³/mol. The molecule has 0 bridgehead atoms. The van der Waals surface area contributed by atoms with Crippen molar-refractivity contribution in [3.05, 3.63) is 126 Å². The van der Waals surface area contributed by atoms with E-state index in [2.05, 4.69) is 41.5 Å². The number of nitrogens with one attached hydrogen (secondary N) is 6. The van der Waals surface area contributed by atoms with Crippen molar-refractivity contribution < 1.29 is 28.8 Å². The topological polar surface area (TPSA) is 207 Å². The van der Waals surface area contributed by atoms with Gasteiger partial charge in [0.2, 0.25) is 17.7 Å². The van der Waals surface area contributed by atoms with E-state index in [0.717, 1.165) is 39.2 Å². The Morgan fingerprint density at radius 2 is 1.58 bits per heavy atom. The Labute approximate surface area is 338 Å². The minimum Gasteiger partial charge on any atom is -0.384 e. The summed E-state index contributed by atoms with van der Waals surface area (Å²) in [5.41, 5.74) is 5.99. The number of rotatable bonds is 14. The number of benzene rings is 4. The second-order valence-corrected chi connectivity index (χ2v) is 14.2. The van der Waals surface area contributed by atoms with Crippen LogP contribution in [0.4, 0.5) is 28.6 Å². The second kappa shape index (κ2) is 16.8.